The van der Waals surface area contributed by atoms with Gasteiger partial charge in [0, 0.05) is 10.5 Å². The Labute approximate surface area is 142 Å². The number of hydrogen-bond donors (Lipinski definition) is 0. The van der Waals surface area contributed by atoms with Crippen molar-refractivity contribution < 1.29 is 4.79 Å². The van der Waals surface area contributed by atoms with Crippen LogP contribution in [0.25, 0.3) is 0 Å². The van der Waals surface area contributed by atoms with Crippen LogP contribution in [-0.2, 0) is 5.41 Å². The van der Waals surface area contributed by atoms with Gasteiger partial charge in [-0.25, -0.2) is 0 Å². The van der Waals surface area contributed by atoms with Gasteiger partial charge in [-0.3, -0.25) is 4.79 Å². The molecule has 0 spiro atoms. The number of carbonyl (C=O) groups excluding carboxylic acids is 1. The summed E-state index contributed by atoms with van der Waals surface area (Å²) < 4.78 is 0. The van der Waals surface area contributed by atoms with E-state index in [1.807, 2.05) is 42.5 Å². The SMILES string of the molecule is CSc1ccc(C2(C(=O)c3ccccc3)C=CC=CC2C)cc1. The van der Waals surface area contributed by atoms with Crippen molar-refractivity contribution in [3.05, 3.63) is 90.0 Å². The fraction of sp³-hybridized carbons (Fsp3) is 0.190. The van der Waals surface area contributed by atoms with Crippen molar-refractivity contribution >= 4 is 17.5 Å². The number of thioether (sulfide) groups is 1. The molecular weight excluding hydrogens is 300 g/mol. The quantitative estimate of drug-likeness (QED) is 0.562. The average Bonchev–Trinajstić information content (AvgIpc) is 2.62. The number of rotatable bonds is 4. The lowest BCUT2D eigenvalue weighted by molar-refractivity contribution is 0.0890. The average molecular weight is 320 g/mol. The minimum absolute atomic E-state index is 0.111. The minimum atomic E-state index is -0.632. The summed E-state index contributed by atoms with van der Waals surface area (Å²) in [5, 5.41) is 0. The second kappa shape index (κ2) is 6.59. The highest BCUT2D eigenvalue weighted by Gasteiger charge is 2.42. The topological polar surface area (TPSA) is 17.1 Å². The molecule has 2 heteroatoms. The Bertz CT molecular complexity index is 743. The van der Waals surface area contributed by atoms with E-state index >= 15 is 0 Å². The molecule has 2 aromatic carbocycles. The number of allylic oxidation sites excluding steroid dienone is 4. The van der Waals surface area contributed by atoms with Gasteiger partial charge in [0.1, 0.15) is 0 Å². The molecule has 0 radical (unpaired) electrons. The third-order valence-corrected chi connectivity index (χ3v) is 5.31. The first-order chi connectivity index (χ1) is 11.2. The smallest absolute Gasteiger partial charge is 0.177 e. The van der Waals surface area contributed by atoms with Crippen molar-refractivity contribution in [1.29, 1.82) is 0 Å². The molecule has 0 heterocycles. The summed E-state index contributed by atoms with van der Waals surface area (Å²) in [7, 11) is 0. The number of ketones is 1. The molecule has 2 unspecified atom stereocenters. The first kappa shape index (κ1) is 15.8. The Morgan fingerprint density at radius 1 is 1.00 bits per heavy atom. The van der Waals surface area contributed by atoms with E-state index in [0.29, 0.717) is 0 Å². The van der Waals surface area contributed by atoms with Gasteiger partial charge in [-0.15, -0.1) is 11.8 Å². The van der Waals surface area contributed by atoms with Gasteiger partial charge < -0.3 is 0 Å². The van der Waals surface area contributed by atoms with E-state index in [4.69, 9.17) is 0 Å². The van der Waals surface area contributed by atoms with Crippen LogP contribution in [0.3, 0.4) is 0 Å². The Hall–Kier alpha value is -2.06. The summed E-state index contributed by atoms with van der Waals surface area (Å²) in [5.74, 6) is 0.267. The van der Waals surface area contributed by atoms with Crippen LogP contribution in [0.2, 0.25) is 0 Å². The molecule has 0 fully saturated rings. The third-order valence-electron chi connectivity index (χ3n) is 4.57. The largest absolute Gasteiger partial charge is 0.293 e. The summed E-state index contributed by atoms with van der Waals surface area (Å²) in [6, 6.07) is 18.0. The lowest BCUT2D eigenvalue weighted by atomic mass is 9.65. The van der Waals surface area contributed by atoms with Crippen LogP contribution >= 0.6 is 11.8 Å². The molecule has 1 aliphatic rings. The first-order valence-corrected chi connectivity index (χ1v) is 9.01. The number of benzene rings is 2. The molecule has 1 aliphatic carbocycles. The Balaban J connectivity index is 2.13. The van der Waals surface area contributed by atoms with E-state index in [2.05, 4.69) is 49.6 Å². The Morgan fingerprint density at radius 2 is 1.70 bits per heavy atom. The lowest BCUT2D eigenvalue weighted by Gasteiger charge is -2.36. The first-order valence-electron chi connectivity index (χ1n) is 7.79. The highest BCUT2D eigenvalue weighted by Crippen LogP contribution is 2.40. The highest BCUT2D eigenvalue weighted by molar-refractivity contribution is 7.98. The van der Waals surface area contributed by atoms with Crippen molar-refractivity contribution in [2.45, 2.75) is 17.2 Å². The van der Waals surface area contributed by atoms with Crippen LogP contribution in [0.15, 0.2) is 83.8 Å². The van der Waals surface area contributed by atoms with Crippen LogP contribution in [-0.4, -0.2) is 12.0 Å². The fourth-order valence-electron chi connectivity index (χ4n) is 3.21. The normalized spacial score (nSPS) is 23.0. The lowest BCUT2D eigenvalue weighted by Crippen LogP contribution is -2.40. The molecule has 2 aromatic rings. The minimum Gasteiger partial charge on any atom is -0.293 e. The number of Topliss-reactive ketones (excluding diaryl/α,β-unsaturated/α-hetero) is 1. The molecule has 0 bridgehead atoms. The molecule has 0 saturated carbocycles. The summed E-state index contributed by atoms with van der Waals surface area (Å²) in [4.78, 5) is 14.6. The van der Waals surface area contributed by atoms with Gasteiger partial charge in [0.15, 0.2) is 5.78 Å². The highest BCUT2D eigenvalue weighted by atomic mass is 32.2. The van der Waals surface area contributed by atoms with Gasteiger partial charge in [-0.1, -0.05) is 73.7 Å². The van der Waals surface area contributed by atoms with Crippen molar-refractivity contribution in [1.82, 2.24) is 0 Å². The van der Waals surface area contributed by atoms with Gasteiger partial charge >= 0.3 is 0 Å². The van der Waals surface area contributed by atoms with Crippen LogP contribution in [0.1, 0.15) is 22.8 Å². The molecule has 1 nitrogen and oxygen atoms in total. The molecule has 2 atom stereocenters. The zero-order chi connectivity index (χ0) is 16.3. The summed E-state index contributed by atoms with van der Waals surface area (Å²) in [6.07, 6.45) is 10.2. The zero-order valence-electron chi connectivity index (χ0n) is 13.4. The predicted octanol–water partition coefficient (Wildman–Crippen LogP) is 5.29. The maximum atomic E-state index is 13.4. The fourth-order valence-corrected chi connectivity index (χ4v) is 3.62. The van der Waals surface area contributed by atoms with Crippen molar-refractivity contribution in [3.63, 3.8) is 0 Å². The molecule has 0 aromatic heterocycles. The van der Waals surface area contributed by atoms with Crippen molar-refractivity contribution in [3.8, 4) is 0 Å². The molecular formula is C21H20OS. The Kier molecular flexibility index (Phi) is 4.53. The maximum absolute atomic E-state index is 13.4. The van der Waals surface area contributed by atoms with Gasteiger partial charge in [-0.2, -0.15) is 0 Å². The van der Waals surface area contributed by atoms with Gasteiger partial charge in [0.25, 0.3) is 0 Å². The van der Waals surface area contributed by atoms with Gasteiger partial charge in [0.05, 0.1) is 5.41 Å². The second-order valence-electron chi connectivity index (χ2n) is 5.83. The molecule has 0 aliphatic heterocycles. The van der Waals surface area contributed by atoms with Crippen LogP contribution in [0.4, 0.5) is 0 Å². The monoisotopic (exact) mass is 320 g/mol. The number of hydrogen-bond acceptors (Lipinski definition) is 2. The summed E-state index contributed by atoms with van der Waals surface area (Å²) in [5.41, 5.74) is 1.18. The van der Waals surface area contributed by atoms with Gasteiger partial charge in [-0.05, 0) is 29.9 Å². The van der Waals surface area contributed by atoms with E-state index in [9.17, 15) is 4.79 Å². The van der Waals surface area contributed by atoms with Crippen molar-refractivity contribution in [2.75, 3.05) is 6.26 Å². The zero-order valence-corrected chi connectivity index (χ0v) is 14.2. The van der Waals surface area contributed by atoms with Crippen LogP contribution in [0, 0.1) is 5.92 Å². The molecule has 23 heavy (non-hydrogen) atoms. The maximum Gasteiger partial charge on any atom is 0.177 e. The number of carbonyl (C=O) groups is 1. The van der Waals surface area contributed by atoms with Crippen LogP contribution in [0.5, 0.6) is 0 Å². The van der Waals surface area contributed by atoms with E-state index in [1.165, 1.54) is 4.90 Å². The standard InChI is InChI=1S/C21H20OS/c1-16-8-6-7-15-21(16,18-11-13-19(23-2)14-12-18)20(22)17-9-4-3-5-10-17/h3-16H,1-2H3. The van der Waals surface area contributed by atoms with E-state index in [0.717, 1.165) is 11.1 Å². The third kappa shape index (κ3) is 2.79. The van der Waals surface area contributed by atoms with E-state index in [1.54, 1.807) is 11.8 Å². The van der Waals surface area contributed by atoms with Gasteiger partial charge in [0.2, 0.25) is 0 Å². The summed E-state index contributed by atoms with van der Waals surface area (Å²) >= 11 is 1.71. The second-order valence-corrected chi connectivity index (χ2v) is 6.71. The van der Waals surface area contributed by atoms with E-state index < -0.39 is 5.41 Å². The molecule has 0 saturated heterocycles. The van der Waals surface area contributed by atoms with Crippen molar-refractivity contribution in [2.24, 2.45) is 5.92 Å². The van der Waals surface area contributed by atoms with Crippen LogP contribution < -0.4 is 0 Å². The summed E-state index contributed by atoms with van der Waals surface area (Å²) in [6.45, 7) is 2.11. The van der Waals surface area contributed by atoms with E-state index in [-0.39, 0.29) is 11.7 Å². The Morgan fingerprint density at radius 3 is 2.30 bits per heavy atom. The molecule has 3 rings (SSSR count). The molecule has 0 N–H and O–H groups in total. The molecule has 0 amide bonds. The predicted molar refractivity (Wildman–Crippen MR) is 98.1 cm³/mol. The molecule has 116 valence electrons.